The Morgan fingerprint density at radius 1 is 1.20 bits per heavy atom. The molecule has 0 aromatic carbocycles. The van der Waals surface area contributed by atoms with Crippen LogP contribution >= 0.6 is 0 Å². The molecule has 3 heteroatoms. The van der Waals surface area contributed by atoms with Crippen LogP contribution < -0.4 is 0 Å². The van der Waals surface area contributed by atoms with Crippen LogP contribution in [0.3, 0.4) is 0 Å². The molecule has 0 N–H and O–H groups in total. The molecule has 0 radical (unpaired) electrons. The molecule has 0 amide bonds. The molecule has 138 valence electrons. The first-order valence-electron chi connectivity index (χ1n) is 10.2. The third-order valence-electron chi connectivity index (χ3n) is 8.67. The molecule has 3 fully saturated rings. The molecule has 3 aliphatic carbocycles. The fraction of sp³-hybridized carbons (Fsp3) is 0.818. The van der Waals surface area contributed by atoms with Crippen LogP contribution in [0.2, 0.25) is 0 Å². The molecule has 3 nitrogen and oxygen atoms in total. The zero-order chi connectivity index (χ0) is 18.0. The Morgan fingerprint density at radius 2 is 1.96 bits per heavy atom. The van der Waals surface area contributed by atoms with Crippen LogP contribution in [0.25, 0.3) is 0 Å². The first-order chi connectivity index (χ1) is 11.8. The van der Waals surface area contributed by atoms with E-state index in [-0.39, 0.29) is 28.6 Å². The lowest BCUT2D eigenvalue weighted by Gasteiger charge is -2.59. The topological polar surface area (TPSA) is 43.4 Å². The smallest absolute Gasteiger partial charge is 0.159 e. The summed E-state index contributed by atoms with van der Waals surface area (Å²) in [6.07, 6.45) is 9.54. The van der Waals surface area contributed by atoms with Crippen molar-refractivity contribution in [1.82, 2.24) is 0 Å². The number of hydrogen-bond acceptors (Lipinski definition) is 3. The molecule has 4 unspecified atom stereocenters. The second kappa shape index (κ2) is 5.69. The standard InChI is InChI=1S/C22H32O3/c1-13(12-23)16-5-6-17-20-14(2)25-19-11-15(24)7-9-22(19,4)18(20)8-10-21(16,17)3/h11-14,16-18,20H,5-10H2,1-4H3/t13?,14-,16-,17?,18?,20?,21-,22-/m1/s1. The summed E-state index contributed by atoms with van der Waals surface area (Å²) < 4.78 is 6.38. The predicted octanol–water partition coefficient (Wildman–Crippen LogP) is 4.55. The van der Waals surface area contributed by atoms with Crippen LogP contribution in [-0.2, 0) is 14.3 Å². The fourth-order valence-electron chi connectivity index (χ4n) is 7.30. The number of ketones is 1. The second-order valence-electron chi connectivity index (χ2n) is 9.73. The summed E-state index contributed by atoms with van der Waals surface area (Å²) in [6, 6.07) is 0. The summed E-state index contributed by atoms with van der Waals surface area (Å²) >= 11 is 0. The lowest BCUT2D eigenvalue weighted by Crippen LogP contribution is -2.56. The summed E-state index contributed by atoms with van der Waals surface area (Å²) in [6.45, 7) is 9.08. The van der Waals surface area contributed by atoms with Crippen LogP contribution in [0.5, 0.6) is 0 Å². The van der Waals surface area contributed by atoms with E-state index in [9.17, 15) is 9.59 Å². The average molecular weight is 344 g/mol. The van der Waals surface area contributed by atoms with Crippen molar-refractivity contribution in [3.05, 3.63) is 11.8 Å². The molecule has 25 heavy (non-hydrogen) atoms. The van der Waals surface area contributed by atoms with E-state index in [1.165, 1.54) is 32.0 Å². The third-order valence-corrected chi connectivity index (χ3v) is 8.67. The molecule has 1 saturated heterocycles. The van der Waals surface area contributed by atoms with Crippen molar-refractivity contribution in [2.45, 2.75) is 72.3 Å². The van der Waals surface area contributed by atoms with Crippen LogP contribution in [-0.4, -0.2) is 18.2 Å². The second-order valence-corrected chi connectivity index (χ2v) is 9.73. The first kappa shape index (κ1) is 17.3. The van der Waals surface area contributed by atoms with E-state index < -0.39 is 0 Å². The molecular weight excluding hydrogens is 312 g/mol. The Labute approximate surface area is 151 Å². The van der Waals surface area contributed by atoms with Crippen molar-refractivity contribution in [2.75, 3.05) is 0 Å². The minimum absolute atomic E-state index is 0.0286. The number of ether oxygens (including phenoxy) is 1. The maximum atomic E-state index is 11.9. The molecule has 8 atom stereocenters. The van der Waals surface area contributed by atoms with Gasteiger partial charge in [0.05, 0.1) is 6.10 Å². The summed E-state index contributed by atoms with van der Waals surface area (Å²) in [5, 5.41) is 0. The van der Waals surface area contributed by atoms with Crippen molar-refractivity contribution < 1.29 is 14.3 Å². The van der Waals surface area contributed by atoms with Gasteiger partial charge in [-0.15, -0.1) is 0 Å². The summed E-state index contributed by atoms with van der Waals surface area (Å²) in [7, 11) is 0. The zero-order valence-corrected chi connectivity index (χ0v) is 16.1. The number of rotatable bonds is 2. The van der Waals surface area contributed by atoms with Crippen LogP contribution in [0.4, 0.5) is 0 Å². The van der Waals surface area contributed by atoms with Crippen molar-refractivity contribution in [3.8, 4) is 0 Å². The normalized spacial score (nSPS) is 50.0. The third kappa shape index (κ3) is 2.30. The minimum Gasteiger partial charge on any atom is -0.494 e. The maximum absolute atomic E-state index is 11.9. The predicted molar refractivity (Wildman–Crippen MR) is 96.7 cm³/mol. The molecule has 0 bridgehead atoms. The van der Waals surface area contributed by atoms with Gasteiger partial charge in [-0.25, -0.2) is 0 Å². The number of allylic oxidation sites excluding steroid dienone is 2. The highest BCUT2D eigenvalue weighted by Gasteiger charge is 2.62. The monoisotopic (exact) mass is 344 g/mol. The van der Waals surface area contributed by atoms with Gasteiger partial charge in [0.1, 0.15) is 12.0 Å². The van der Waals surface area contributed by atoms with E-state index in [1.807, 2.05) is 0 Å². The summed E-state index contributed by atoms with van der Waals surface area (Å²) in [4.78, 5) is 23.4. The number of hydrogen-bond donors (Lipinski definition) is 0. The van der Waals surface area contributed by atoms with Gasteiger partial charge in [0.15, 0.2) is 5.78 Å². The van der Waals surface area contributed by atoms with Gasteiger partial charge in [-0.3, -0.25) is 4.79 Å². The Morgan fingerprint density at radius 3 is 2.68 bits per heavy atom. The molecule has 0 aromatic heterocycles. The highest BCUT2D eigenvalue weighted by molar-refractivity contribution is 5.91. The SMILES string of the molecule is CC(C=O)[C@H]1CCC2C3C(CC[C@@]21C)[C@@]1(C)CCC(=O)C=C1O[C@@H]3C. The van der Waals surface area contributed by atoms with E-state index in [4.69, 9.17) is 4.74 Å². The molecule has 2 saturated carbocycles. The average Bonchev–Trinajstić information content (AvgIpc) is 2.93. The van der Waals surface area contributed by atoms with Gasteiger partial charge in [0.2, 0.25) is 0 Å². The van der Waals surface area contributed by atoms with E-state index in [2.05, 4.69) is 27.7 Å². The largest absolute Gasteiger partial charge is 0.494 e. The Hall–Kier alpha value is -1.12. The van der Waals surface area contributed by atoms with Gasteiger partial charge >= 0.3 is 0 Å². The van der Waals surface area contributed by atoms with Crippen molar-refractivity contribution in [2.24, 2.45) is 40.4 Å². The number of aldehydes is 1. The van der Waals surface area contributed by atoms with Gasteiger partial charge in [-0.2, -0.15) is 0 Å². The lowest BCUT2D eigenvalue weighted by atomic mass is 9.49. The Bertz CT molecular complexity index is 623. The molecule has 0 spiro atoms. The first-order valence-corrected chi connectivity index (χ1v) is 10.2. The van der Waals surface area contributed by atoms with E-state index >= 15 is 0 Å². The van der Waals surface area contributed by atoms with E-state index in [0.29, 0.717) is 30.1 Å². The number of carbonyl (C=O) groups excluding carboxylic acids is 2. The van der Waals surface area contributed by atoms with Crippen LogP contribution in [0.15, 0.2) is 11.8 Å². The van der Waals surface area contributed by atoms with Crippen LogP contribution in [0.1, 0.15) is 66.2 Å². The van der Waals surface area contributed by atoms with Gasteiger partial charge in [0.25, 0.3) is 0 Å². The van der Waals surface area contributed by atoms with Crippen molar-refractivity contribution >= 4 is 12.1 Å². The zero-order valence-electron chi connectivity index (χ0n) is 16.1. The Balaban J connectivity index is 1.69. The molecule has 0 aromatic rings. The van der Waals surface area contributed by atoms with Gasteiger partial charge < -0.3 is 9.53 Å². The minimum atomic E-state index is 0.0286. The lowest BCUT2D eigenvalue weighted by molar-refractivity contribution is -0.154. The molecule has 4 rings (SSSR count). The van der Waals surface area contributed by atoms with Gasteiger partial charge in [-0.1, -0.05) is 20.8 Å². The molecule has 4 aliphatic rings. The number of fused-ring (bicyclic) bond motifs is 5. The molecule has 1 heterocycles. The molecule has 1 aliphatic heterocycles. The summed E-state index contributed by atoms with van der Waals surface area (Å²) in [5.74, 6) is 3.66. The van der Waals surface area contributed by atoms with Crippen LogP contribution in [0, 0.1) is 40.4 Å². The fourth-order valence-corrected chi connectivity index (χ4v) is 7.30. The number of carbonyl (C=O) groups is 2. The highest BCUT2D eigenvalue weighted by Crippen LogP contribution is 2.67. The molecular formula is C22H32O3. The van der Waals surface area contributed by atoms with Gasteiger partial charge in [-0.05, 0) is 62.2 Å². The van der Waals surface area contributed by atoms with Gasteiger partial charge in [0, 0.05) is 29.7 Å². The van der Waals surface area contributed by atoms with E-state index in [1.54, 1.807) is 6.08 Å². The highest BCUT2D eigenvalue weighted by atomic mass is 16.5. The Kier molecular flexibility index (Phi) is 3.94. The van der Waals surface area contributed by atoms with E-state index in [0.717, 1.165) is 12.2 Å². The van der Waals surface area contributed by atoms with Crippen molar-refractivity contribution in [3.63, 3.8) is 0 Å². The summed E-state index contributed by atoms with van der Waals surface area (Å²) in [5.41, 5.74) is 0.294. The maximum Gasteiger partial charge on any atom is 0.159 e. The quantitative estimate of drug-likeness (QED) is 0.690. The van der Waals surface area contributed by atoms with Crippen molar-refractivity contribution in [1.29, 1.82) is 0 Å².